The Balaban J connectivity index is 2.23. The fraction of sp³-hybridized carbons (Fsp3) is 0.667. The summed E-state index contributed by atoms with van der Waals surface area (Å²) in [5.41, 5.74) is 5.15. The van der Waals surface area contributed by atoms with Crippen LogP contribution in [0.2, 0.25) is 0 Å². The van der Waals surface area contributed by atoms with Gasteiger partial charge in [0.25, 0.3) is 0 Å². The van der Waals surface area contributed by atoms with E-state index in [-0.39, 0.29) is 6.03 Å². The number of terminal acetylenes is 1. The minimum Gasteiger partial charge on any atom is -0.351 e. The first kappa shape index (κ1) is 9.87. The third-order valence-corrected chi connectivity index (χ3v) is 2.30. The fourth-order valence-electron chi connectivity index (χ4n) is 1.51. The molecular weight excluding hydrogens is 166 g/mol. The highest BCUT2D eigenvalue weighted by Gasteiger charge is 2.19. The Morgan fingerprint density at radius 3 is 2.69 bits per heavy atom. The number of carbonyl (C=O) groups is 1. The highest BCUT2D eigenvalue weighted by Crippen LogP contribution is 2.09. The smallest absolute Gasteiger partial charge is 0.314 e. The van der Waals surface area contributed by atoms with Crippen LogP contribution in [-0.4, -0.2) is 36.6 Å². The zero-order chi connectivity index (χ0) is 9.68. The summed E-state index contributed by atoms with van der Waals surface area (Å²) in [6.45, 7) is 2.07. The van der Waals surface area contributed by atoms with Gasteiger partial charge in [-0.2, -0.15) is 0 Å². The predicted octanol–water partition coefficient (Wildman–Crippen LogP) is -0.248. The quantitative estimate of drug-likeness (QED) is 0.577. The molecule has 4 heteroatoms. The largest absolute Gasteiger partial charge is 0.351 e. The molecule has 0 atom stereocenters. The highest BCUT2D eigenvalue weighted by atomic mass is 16.2. The number of amides is 2. The van der Waals surface area contributed by atoms with Crippen molar-refractivity contribution in [3.63, 3.8) is 0 Å². The molecule has 0 radical (unpaired) electrons. The van der Waals surface area contributed by atoms with Crippen LogP contribution >= 0.6 is 0 Å². The summed E-state index contributed by atoms with van der Waals surface area (Å²) in [4.78, 5) is 12.4. The van der Waals surface area contributed by atoms with Crippen LogP contribution in [-0.2, 0) is 0 Å². The molecule has 0 spiro atoms. The van der Waals surface area contributed by atoms with Gasteiger partial charge in [-0.05, 0) is 12.8 Å². The summed E-state index contributed by atoms with van der Waals surface area (Å²) in [6, 6.07) is 0.113. The molecule has 2 amide bonds. The van der Waals surface area contributed by atoms with Crippen molar-refractivity contribution in [3.8, 4) is 12.3 Å². The summed E-state index contributed by atoms with van der Waals surface area (Å²) in [7, 11) is 0. The van der Waals surface area contributed by atoms with Gasteiger partial charge in [-0.1, -0.05) is 5.92 Å². The van der Waals surface area contributed by atoms with E-state index in [4.69, 9.17) is 12.2 Å². The first-order valence-corrected chi connectivity index (χ1v) is 4.45. The monoisotopic (exact) mass is 181 g/mol. The van der Waals surface area contributed by atoms with Crippen LogP contribution in [0.3, 0.4) is 0 Å². The molecule has 1 aliphatic heterocycles. The Hall–Kier alpha value is -1.21. The lowest BCUT2D eigenvalue weighted by Crippen LogP contribution is -2.46. The molecule has 72 valence electrons. The fourth-order valence-corrected chi connectivity index (χ4v) is 1.51. The third-order valence-electron chi connectivity index (χ3n) is 2.30. The zero-order valence-corrected chi connectivity index (χ0v) is 7.62. The number of nitrogens with zero attached hydrogens (tertiary/aromatic N) is 1. The van der Waals surface area contributed by atoms with Crippen LogP contribution in [0, 0.1) is 12.3 Å². The van der Waals surface area contributed by atoms with E-state index in [1.165, 1.54) is 0 Å². The number of rotatable bonds is 2. The van der Waals surface area contributed by atoms with Crippen molar-refractivity contribution in [2.45, 2.75) is 18.9 Å². The van der Waals surface area contributed by atoms with Crippen LogP contribution in [0.1, 0.15) is 12.8 Å². The average Bonchev–Trinajstić information content (AvgIpc) is 2.15. The topological polar surface area (TPSA) is 58.4 Å². The van der Waals surface area contributed by atoms with Gasteiger partial charge in [0.15, 0.2) is 0 Å². The van der Waals surface area contributed by atoms with E-state index in [0.717, 1.165) is 25.9 Å². The first-order valence-electron chi connectivity index (χ1n) is 4.45. The molecule has 1 saturated heterocycles. The molecule has 0 aromatic carbocycles. The molecule has 0 saturated carbocycles. The van der Waals surface area contributed by atoms with Gasteiger partial charge < -0.3 is 16.0 Å². The molecule has 3 N–H and O–H groups in total. The first-order chi connectivity index (χ1) is 6.24. The molecule has 1 heterocycles. The maximum Gasteiger partial charge on any atom is 0.314 e. The van der Waals surface area contributed by atoms with Crippen molar-refractivity contribution in [2.24, 2.45) is 5.73 Å². The van der Waals surface area contributed by atoms with E-state index in [1.807, 2.05) is 0 Å². The number of hydrogen-bond donors (Lipinski definition) is 2. The lowest BCUT2D eigenvalue weighted by atomic mass is 10.1. The molecule has 0 aromatic rings. The lowest BCUT2D eigenvalue weighted by molar-refractivity contribution is 0.186. The molecule has 0 bridgehead atoms. The van der Waals surface area contributed by atoms with Crippen molar-refractivity contribution in [1.29, 1.82) is 0 Å². The number of piperidine rings is 1. The summed E-state index contributed by atoms with van der Waals surface area (Å²) in [6.07, 6.45) is 6.99. The van der Waals surface area contributed by atoms with Gasteiger partial charge in [0.05, 0.1) is 6.54 Å². The number of urea groups is 1. The summed E-state index contributed by atoms with van der Waals surface area (Å²) < 4.78 is 0. The van der Waals surface area contributed by atoms with E-state index >= 15 is 0 Å². The van der Waals surface area contributed by atoms with Gasteiger partial charge in [0.1, 0.15) is 0 Å². The number of nitrogens with one attached hydrogen (secondary N) is 1. The number of hydrogen-bond acceptors (Lipinski definition) is 2. The Morgan fingerprint density at radius 2 is 2.23 bits per heavy atom. The molecule has 4 nitrogen and oxygen atoms in total. The van der Waals surface area contributed by atoms with Gasteiger partial charge in [-0.25, -0.2) is 4.79 Å². The molecule has 1 fully saturated rings. The van der Waals surface area contributed by atoms with Gasteiger partial charge >= 0.3 is 6.03 Å². The number of likely N-dealkylation sites (tertiary alicyclic amines) is 1. The molecular formula is C9H15N3O. The van der Waals surface area contributed by atoms with E-state index in [2.05, 4.69) is 11.2 Å². The van der Waals surface area contributed by atoms with Crippen molar-refractivity contribution in [2.75, 3.05) is 19.6 Å². The van der Waals surface area contributed by atoms with Crippen molar-refractivity contribution in [1.82, 2.24) is 10.2 Å². The highest BCUT2D eigenvalue weighted by molar-refractivity contribution is 5.72. The van der Waals surface area contributed by atoms with E-state index in [9.17, 15) is 4.79 Å². The molecule has 1 rings (SSSR count). The standard InChI is InChI=1S/C9H15N3O/c1-2-5-11-8-3-6-12(7-4-8)9(10)13/h1,8,11H,3-7H2,(H2,10,13). The second kappa shape index (κ2) is 4.73. The summed E-state index contributed by atoms with van der Waals surface area (Å²) in [5.74, 6) is 2.53. The predicted molar refractivity (Wildman–Crippen MR) is 51.0 cm³/mol. The van der Waals surface area contributed by atoms with Gasteiger partial charge in [0, 0.05) is 19.1 Å². The SMILES string of the molecule is C#CCNC1CCN(C(N)=O)CC1. The Bertz CT molecular complexity index is 213. The zero-order valence-electron chi connectivity index (χ0n) is 7.62. The Labute approximate surface area is 78.5 Å². The minimum absolute atomic E-state index is 0.324. The summed E-state index contributed by atoms with van der Waals surface area (Å²) >= 11 is 0. The van der Waals surface area contributed by atoms with Gasteiger partial charge in [0.2, 0.25) is 0 Å². The number of nitrogens with two attached hydrogens (primary N) is 1. The molecule has 0 unspecified atom stereocenters. The van der Waals surface area contributed by atoms with Crippen LogP contribution in [0.4, 0.5) is 4.79 Å². The van der Waals surface area contributed by atoms with Crippen molar-refractivity contribution < 1.29 is 4.79 Å². The molecule has 0 aliphatic carbocycles. The number of carbonyl (C=O) groups excluding carboxylic acids is 1. The molecule has 1 aliphatic rings. The Morgan fingerprint density at radius 1 is 1.62 bits per heavy atom. The van der Waals surface area contributed by atoms with Gasteiger partial charge in [-0.3, -0.25) is 0 Å². The van der Waals surface area contributed by atoms with Gasteiger partial charge in [-0.15, -0.1) is 6.42 Å². The van der Waals surface area contributed by atoms with Crippen LogP contribution in [0.15, 0.2) is 0 Å². The second-order valence-electron chi connectivity index (χ2n) is 3.18. The molecule has 0 aromatic heterocycles. The van der Waals surface area contributed by atoms with E-state index in [0.29, 0.717) is 12.6 Å². The normalized spacial score (nSPS) is 18.2. The lowest BCUT2D eigenvalue weighted by Gasteiger charge is -2.30. The maximum absolute atomic E-state index is 10.8. The summed E-state index contributed by atoms with van der Waals surface area (Å²) in [5, 5.41) is 3.22. The number of primary amides is 1. The van der Waals surface area contributed by atoms with E-state index < -0.39 is 0 Å². The molecule has 13 heavy (non-hydrogen) atoms. The average molecular weight is 181 g/mol. The van der Waals surface area contributed by atoms with Crippen LogP contribution < -0.4 is 11.1 Å². The minimum atomic E-state index is -0.324. The van der Waals surface area contributed by atoms with Crippen LogP contribution in [0.25, 0.3) is 0 Å². The van der Waals surface area contributed by atoms with Crippen LogP contribution in [0.5, 0.6) is 0 Å². The van der Waals surface area contributed by atoms with E-state index in [1.54, 1.807) is 4.90 Å². The third kappa shape index (κ3) is 2.96. The van der Waals surface area contributed by atoms with Crippen molar-refractivity contribution >= 4 is 6.03 Å². The maximum atomic E-state index is 10.8. The van der Waals surface area contributed by atoms with Crippen molar-refractivity contribution in [3.05, 3.63) is 0 Å². The second-order valence-corrected chi connectivity index (χ2v) is 3.18. The Kier molecular flexibility index (Phi) is 3.59.